The maximum atomic E-state index is 13.3. The molecule has 0 atom stereocenters. The van der Waals surface area contributed by atoms with Gasteiger partial charge in [0.05, 0.1) is 17.9 Å². The number of likely N-dealkylation sites (N-methyl/N-ethyl adjacent to an activating group) is 1. The summed E-state index contributed by atoms with van der Waals surface area (Å²) in [5, 5.41) is 11.6. The first-order valence-electron chi connectivity index (χ1n) is 15.0. The minimum absolute atomic E-state index is 0.156. The molecule has 0 bridgehead atoms. The van der Waals surface area contributed by atoms with Crippen molar-refractivity contribution >= 4 is 35.1 Å². The molecule has 3 aromatic carbocycles. The van der Waals surface area contributed by atoms with Crippen molar-refractivity contribution in [1.82, 2.24) is 9.80 Å². The number of anilines is 2. The number of piperazine rings is 1. The van der Waals surface area contributed by atoms with E-state index in [1.807, 2.05) is 29.2 Å². The number of aliphatic carboxylic acids is 1. The highest BCUT2D eigenvalue weighted by molar-refractivity contribution is 6.08. The Morgan fingerprint density at radius 2 is 1.49 bits per heavy atom. The van der Waals surface area contributed by atoms with Gasteiger partial charge in [0, 0.05) is 50.9 Å². The second-order valence-corrected chi connectivity index (χ2v) is 10.9. The van der Waals surface area contributed by atoms with Crippen LogP contribution in [0.3, 0.4) is 0 Å². The van der Waals surface area contributed by atoms with E-state index in [-0.39, 0.29) is 23.1 Å². The summed E-state index contributed by atoms with van der Waals surface area (Å²) in [6.07, 6.45) is 3.04. The summed E-state index contributed by atoms with van der Waals surface area (Å²) in [6.45, 7) is 3.34. The van der Waals surface area contributed by atoms with Crippen molar-refractivity contribution in [3.05, 3.63) is 83.9 Å². The SMILES string of the molecule is CN1CCN(C(=O)CCCCCOc2ccccc2N(C)C(=O)c2ccc(NC(=O)c3ccccc3OCC(=O)O)cc2)CC1. The molecular weight excluding hydrogens is 576 g/mol. The molecule has 0 saturated carbocycles. The van der Waals surface area contributed by atoms with Crippen molar-refractivity contribution in [3.8, 4) is 11.5 Å². The van der Waals surface area contributed by atoms with E-state index in [2.05, 4.69) is 17.3 Å². The molecule has 11 nitrogen and oxygen atoms in total. The first-order chi connectivity index (χ1) is 21.7. The molecule has 11 heteroatoms. The molecule has 0 radical (unpaired) electrons. The monoisotopic (exact) mass is 616 g/mol. The minimum Gasteiger partial charge on any atom is -0.491 e. The highest BCUT2D eigenvalue weighted by Crippen LogP contribution is 2.29. The minimum atomic E-state index is -1.15. The number of ether oxygens (including phenoxy) is 2. The third-order valence-corrected chi connectivity index (χ3v) is 7.55. The van der Waals surface area contributed by atoms with Gasteiger partial charge in [0.2, 0.25) is 5.91 Å². The van der Waals surface area contributed by atoms with Crippen LogP contribution in [0.25, 0.3) is 0 Å². The third kappa shape index (κ3) is 9.54. The number of para-hydroxylation sites is 3. The second kappa shape index (κ2) is 16.2. The molecule has 1 aliphatic heterocycles. The number of carbonyl (C=O) groups excluding carboxylic acids is 3. The van der Waals surface area contributed by atoms with E-state index >= 15 is 0 Å². The lowest BCUT2D eigenvalue weighted by atomic mass is 10.1. The summed E-state index contributed by atoms with van der Waals surface area (Å²) in [7, 11) is 3.75. The molecule has 1 heterocycles. The Morgan fingerprint density at radius 1 is 0.822 bits per heavy atom. The molecule has 1 aliphatic rings. The number of carboxylic acids is 1. The number of carboxylic acid groups (broad SMARTS) is 1. The molecule has 4 rings (SSSR count). The fourth-order valence-corrected chi connectivity index (χ4v) is 4.92. The highest BCUT2D eigenvalue weighted by Gasteiger charge is 2.20. The molecule has 0 spiro atoms. The van der Waals surface area contributed by atoms with Gasteiger partial charge >= 0.3 is 5.97 Å². The van der Waals surface area contributed by atoms with E-state index in [0.29, 0.717) is 35.7 Å². The smallest absolute Gasteiger partial charge is 0.341 e. The van der Waals surface area contributed by atoms with Crippen LogP contribution in [-0.4, -0.2) is 92.1 Å². The van der Waals surface area contributed by atoms with Crippen LogP contribution in [0, 0.1) is 0 Å². The lowest BCUT2D eigenvalue weighted by molar-refractivity contribution is -0.139. The first kappa shape index (κ1) is 33.0. The number of nitrogens with one attached hydrogen (secondary N) is 1. The zero-order valence-corrected chi connectivity index (χ0v) is 25.7. The Bertz CT molecular complexity index is 1470. The second-order valence-electron chi connectivity index (χ2n) is 10.9. The van der Waals surface area contributed by atoms with Crippen LogP contribution in [0.2, 0.25) is 0 Å². The fourth-order valence-electron chi connectivity index (χ4n) is 4.92. The van der Waals surface area contributed by atoms with Crippen LogP contribution < -0.4 is 19.7 Å². The molecule has 0 aliphatic carbocycles. The number of carbonyl (C=O) groups is 4. The predicted octanol–water partition coefficient (Wildman–Crippen LogP) is 4.39. The summed E-state index contributed by atoms with van der Waals surface area (Å²) in [4.78, 5) is 55.2. The number of hydrogen-bond acceptors (Lipinski definition) is 7. The summed E-state index contributed by atoms with van der Waals surface area (Å²) in [5.74, 6) is -0.903. The average molecular weight is 617 g/mol. The molecule has 0 unspecified atom stereocenters. The van der Waals surface area contributed by atoms with Gasteiger partial charge in [-0.05, 0) is 74.8 Å². The third-order valence-electron chi connectivity index (χ3n) is 7.55. The number of nitrogens with zero attached hydrogens (tertiary/aromatic N) is 3. The van der Waals surface area contributed by atoms with Crippen LogP contribution in [0.15, 0.2) is 72.8 Å². The van der Waals surface area contributed by atoms with E-state index in [1.165, 1.54) is 17.0 Å². The van der Waals surface area contributed by atoms with Gasteiger partial charge in [-0.2, -0.15) is 0 Å². The normalized spacial score (nSPS) is 13.2. The molecular formula is C34H40N4O7. The molecule has 1 saturated heterocycles. The average Bonchev–Trinajstić information content (AvgIpc) is 3.05. The molecule has 0 aromatic heterocycles. The van der Waals surface area contributed by atoms with Crippen molar-refractivity contribution in [3.63, 3.8) is 0 Å². The van der Waals surface area contributed by atoms with Gasteiger partial charge in [0.25, 0.3) is 11.8 Å². The zero-order valence-electron chi connectivity index (χ0n) is 25.7. The van der Waals surface area contributed by atoms with E-state index in [0.717, 1.165) is 45.4 Å². The van der Waals surface area contributed by atoms with E-state index in [9.17, 15) is 19.2 Å². The Balaban J connectivity index is 1.27. The van der Waals surface area contributed by atoms with E-state index in [1.54, 1.807) is 43.4 Å². The van der Waals surface area contributed by atoms with Crippen LogP contribution in [-0.2, 0) is 9.59 Å². The Kier molecular flexibility index (Phi) is 11.9. The van der Waals surface area contributed by atoms with Crippen LogP contribution in [0.5, 0.6) is 11.5 Å². The summed E-state index contributed by atoms with van der Waals surface area (Å²) >= 11 is 0. The van der Waals surface area contributed by atoms with Gasteiger partial charge in [0.15, 0.2) is 6.61 Å². The maximum absolute atomic E-state index is 13.3. The van der Waals surface area contributed by atoms with E-state index < -0.39 is 18.5 Å². The molecule has 1 fully saturated rings. The number of amides is 3. The predicted molar refractivity (Wildman–Crippen MR) is 171 cm³/mol. The summed E-state index contributed by atoms with van der Waals surface area (Å²) in [5.41, 5.74) is 1.69. The quantitative estimate of drug-likeness (QED) is 0.255. The summed E-state index contributed by atoms with van der Waals surface area (Å²) < 4.78 is 11.3. The van der Waals surface area contributed by atoms with Gasteiger partial charge in [-0.3, -0.25) is 14.4 Å². The van der Waals surface area contributed by atoms with Crippen LogP contribution >= 0.6 is 0 Å². The Labute approximate surface area is 263 Å². The van der Waals surface area contributed by atoms with Crippen LogP contribution in [0.4, 0.5) is 11.4 Å². The molecule has 2 N–H and O–H groups in total. The van der Waals surface area contributed by atoms with Gasteiger partial charge in [-0.25, -0.2) is 4.79 Å². The van der Waals surface area contributed by atoms with E-state index in [4.69, 9.17) is 14.6 Å². The van der Waals surface area contributed by atoms with Gasteiger partial charge in [-0.1, -0.05) is 24.3 Å². The maximum Gasteiger partial charge on any atom is 0.341 e. The lowest BCUT2D eigenvalue weighted by Crippen LogP contribution is -2.47. The zero-order chi connectivity index (χ0) is 32.2. The first-order valence-corrected chi connectivity index (χ1v) is 15.0. The van der Waals surface area contributed by atoms with Gasteiger partial charge < -0.3 is 34.6 Å². The van der Waals surface area contributed by atoms with Crippen LogP contribution in [0.1, 0.15) is 46.4 Å². The van der Waals surface area contributed by atoms with Gasteiger partial charge in [0.1, 0.15) is 11.5 Å². The van der Waals surface area contributed by atoms with Gasteiger partial charge in [-0.15, -0.1) is 0 Å². The summed E-state index contributed by atoms with van der Waals surface area (Å²) in [6, 6.07) is 20.2. The molecule has 45 heavy (non-hydrogen) atoms. The largest absolute Gasteiger partial charge is 0.491 e. The van der Waals surface area contributed by atoms with Crippen molar-refractivity contribution < 1.29 is 33.8 Å². The topological polar surface area (TPSA) is 129 Å². The number of rotatable bonds is 14. The lowest BCUT2D eigenvalue weighted by Gasteiger charge is -2.32. The number of benzene rings is 3. The molecule has 238 valence electrons. The fraction of sp³-hybridized carbons (Fsp3) is 0.353. The van der Waals surface area contributed by atoms with Crippen molar-refractivity contribution in [2.75, 3.05) is 63.7 Å². The highest BCUT2D eigenvalue weighted by atomic mass is 16.5. The van der Waals surface area contributed by atoms with Crippen molar-refractivity contribution in [2.24, 2.45) is 0 Å². The number of hydrogen-bond donors (Lipinski definition) is 2. The van der Waals surface area contributed by atoms with Crippen molar-refractivity contribution in [2.45, 2.75) is 25.7 Å². The molecule has 3 aromatic rings. The Morgan fingerprint density at radius 3 is 2.20 bits per heavy atom. The molecule has 3 amide bonds. The number of unbranched alkanes of at least 4 members (excludes halogenated alkanes) is 2. The standard InChI is InChI=1S/C34H40N4O7/c1-36-19-21-38(22-20-36)31(39)14-4-3-9-23-44-30-13-8-6-11-28(30)37(2)34(43)25-15-17-26(18-16-25)35-33(42)27-10-5-7-12-29(27)45-24-32(40)41/h5-8,10-13,15-18H,3-4,9,14,19-24H2,1-2H3,(H,35,42)(H,40,41). The van der Waals surface area contributed by atoms with Crippen molar-refractivity contribution in [1.29, 1.82) is 0 Å². The Hall–Kier alpha value is -4.90.